The highest BCUT2D eigenvalue weighted by Gasteiger charge is 2.03. The molecule has 0 unspecified atom stereocenters. The van der Waals surface area contributed by atoms with Crippen molar-refractivity contribution in [2.75, 3.05) is 6.54 Å². The summed E-state index contributed by atoms with van der Waals surface area (Å²) in [7, 11) is 0. The van der Waals surface area contributed by atoms with Gasteiger partial charge in [0.25, 0.3) is 0 Å². The minimum absolute atomic E-state index is 0. The van der Waals surface area contributed by atoms with Crippen LogP contribution in [0.4, 0.5) is 4.39 Å². The predicted octanol–water partition coefficient (Wildman–Crippen LogP) is 3.08. The number of aryl methyl sites for hydroxylation is 1. The second-order valence-electron chi connectivity index (χ2n) is 4.81. The first-order valence-electron chi connectivity index (χ1n) is 6.85. The lowest BCUT2D eigenvalue weighted by Crippen LogP contribution is -2.22. The minimum atomic E-state index is -0.213. The minimum Gasteiger partial charge on any atom is -0.352 e. The Morgan fingerprint density at radius 2 is 1.95 bits per heavy atom. The molecule has 0 saturated heterocycles. The summed E-state index contributed by atoms with van der Waals surface area (Å²) < 4.78 is 13.1. The summed E-state index contributed by atoms with van der Waals surface area (Å²) in [5, 5.41) is 2.85. The molecule has 0 aliphatic heterocycles. The number of hydrogen-bond donors (Lipinski definition) is 2. The van der Waals surface area contributed by atoms with Crippen molar-refractivity contribution in [1.82, 2.24) is 5.32 Å². The summed E-state index contributed by atoms with van der Waals surface area (Å²) in [5.74, 6) is -0.162. The molecule has 0 atom stereocenters. The fourth-order valence-electron chi connectivity index (χ4n) is 1.89. The Hall–Kier alpha value is -1.13. The molecule has 1 rings (SSSR count). The van der Waals surface area contributed by atoms with Crippen LogP contribution in [-0.2, 0) is 11.3 Å². The third-order valence-electron chi connectivity index (χ3n) is 3.07. The number of carbonyl (C=O) groups is 1. The van der Waals surface area contributed by atoms with Crippen molar-refractivity contribution >= 4 is 18.3 Å². The number of halogens is 2. The highest BCUT2D eigenvalue weighted by atomic mass is 35.5. The quantitative estimate of drug-likeness (QED) is 0.725. The van der Waals surface area contributed by atoms with Crippen LogP contribution in [0, 0.1) is 12.7 Å². The van der Waals surface area contributed by atoms with Gasteiger partial charge in [-0.3, -0.25) is 4.79 Å². The molecule has 0 aromatic heterocycles. The van der Waals surface area contributed by atoms with E-state index in [0.29, 0.717) is 18.5 Å². The summed E-state index contributed by atoms with van der Waals surface area (Å²) in [6.45, 7) is 2.90. The average Bonchev–Trinajstić information content (AvgIpc) is 2.40. The SMILES string of the molecule is Cc1cc(CNC(=O)CCCCCCN)ccc1F.Cl. The van der Waals surface area contributed by atoms with E-state index in [2.05, 4.69) is 5.32 Å². The van der Waals surface area contributed by atoms with E-state index in [1.165, 1.54) is 6.07 Å². The molecule has 0 spiro atoms. The van der Waals surface area contributed by atoms with Crippen LogP contribution in [0.15, 0.2) is 18.2 Å². The van der Waals surface area contributed by atoms with Gasteiger partial charge in [0, 0.05) is 13.0 Å². The smallest absolute Gasteiger partial charge is 0.220 e. The van der Waals surface area contributed by atoms with Crippen LogP contribution in [0.5, 0.6) is 0 Å². The van der Waals surface area contributed by atoms with Crippen molar-refractivity contribution in [2.24, 2.45) is 5.73 Å². The van der Waals surface area contributed by atoms with Crippen molar-refractivity contribution in [2.45, 2.75) is 45.6 Å². The van der Waals surface area contributed by atoms with E-state index in [-0.39, 0.29) is 24.1 Å². The van der Waals surface area contributed by atoms with Crippen LogP contribution < -0.4 is 11.1 Å². The molecule has 1 amide bonds. The highest BCUT2D eigenvalue weighted by molar-refractivity contribution is 5.85. The Balaban J connectivity index is 0.00000361. The van der Waals surface area contributed by atoms with Gasteiger partial charge >= 0.3 is 0 Å². The Labute approximate surface area is 126 Å². The molecule has 1 aromatic carbocycles. The lowest BCUT2D eigenvalue weighted by molar-refractivity contribution is -0.121. The zero-order valence-corrected chi connectivity index (χ0v) is 12.8. The van der Waals surface area contributed by atoms with Gasteiger partial charge in [-0.1, -0.05) is 25.0 Å². The molecule has 3 nitrogen and oxygen atoms in total. The topological polar surface area (TPSA) is 55.1 Å². The Morgan fingerprint density at radius 1 is 1.25 bits per heavy atom. The molecule has 0 aliphatic carbocycles. The molecule has 0 saturated carbocycles. The third kappa shape index (κ3) is 7.46. The summed E-state index contributed by atoms with van der Waals surface area (Å²) in [5.41, 5.74) is 6.93. The van der Waals surface area contributed by atoms with Crippen molar-refractivity contribution in [1.29, 1.82) is 0 Å². The first-order chi connectivity index (χ1) is 9.13. The lowest BCUT2D eigenvalue weighted by Gasteiger charge is -2.06. The van der Waals surface area contributed by atoms with Gasteiger partial charge in [0.2, 0.25) is 5.91 Å². The predicted molar refractivity (Wildman–Crippen MR) is 82.4 cm³/mol. The van der Waals surface area contributed by atoms with E-state index in [1.807, 2.05) is 0 Å². The van der Waals surface area contributed by atoms with Crippen LogP contribution in [0.25, 0.3) is 0 Å². The third-order valence-corrected chi connectivity index (χ3v) is 3.07. The molecule has 0 radical (unpaired) electrons. The first-order valence-corrected chi connectivity index (χ1v) is 6.85. The van der Waals surface area contributed by atoms with Gasteiger partial charge in [-0.2, -0.15) is 0 Å². The van der Waals surface area contributed by atoms with Crippen molar-refractivity contribution in [3.05, 3.63) is 35.1 Å². The molecular weight excluding hydrogens is 279 g/mol. The number of hydrogen-bond acceptors (Lipinski definition) is 2. The number of rotatable bonds is 8. The number of carbonyl (C=O) groups excluding carboxylic acids is 1. The van der Waals surface area contributed by atoms with E-state index >= 15 is 0 Å². The largest absolute Gasteiger partial charge is 0.352 e. The van der Waals surface area contributed by atoms with Crippen LogP contribution >= 0.6 is 12.4 Å². The van der Waals surface area contributed by atoms with Gasteiger partial charge < -0.3 is 11.1 Å². The molecule has 1 aromatic rings. The summed E-state index contributed by atoms with van der Waals surface area (Å²) >= 11 is 0. The van der Waals surface area contributed by atoms with Gasteiger partial charge in [-0.05, 0) is 43.5 Å². The summed E-state index contributed by atoms with van der Waals surface area (Å²) in [6, 6.07) is 4.89. The first kappa shape index (κ1) is 18.9. The number of nitrogens with two attached hydrogens (primary N) is 1. The maximum atomic E-state index is 13.1. The second kappa shape index (κ2) is 10.6. The second-order valence-corrected chi connectivity index (χ2v) is 4.81. The van der Waals surface area contributed by atoms with Gasteiger partial charge in [0.1, 0.15) is 5.82 Å². The van der Waals surface area contributed by atoms with Crippen LogP contribution in [-0.4, -0.2) is 12.5 Å². The van der Waals surface area contributed by atoms with E-state index in [4.69, 9.17) is 5.73 Å². The molecule has 3 N–H and O–H groups in total. The van der Waals surface area contributed by atoms with Crippen molar-refractivity contribution < 1.29 is 9.18 Å². The Morgan fingerprint density at radius 3 is 2.60 bits per heavy atom. The average molecular weight is 303 g/mol. The van der Waals surface area contributed by atoms with Crippen molar-refractivity contribution in [3.63, 3.8) is 0 Å². The summed E-state index contributed by atoms with van der Waals surface area (Å²) in [6.07, 6.45) is 4.59. The van der Waals surface area contributed by atoms with Crippen LogP contribution in [0.1, 0.15) is 43.2 Å². The van der Waals surface area contributed by atoms with Crippen molar-refractivity contribution in [3.8, 4) is 0 Å². The molecule has 114 valence electrons. The molecule has 20 heavy (non-hydrogen) atoms. The molecule has 5 heteroatoms. The highest BCUT2D eigenvalue weighted by Crippen LogP contribution is 2.09. The van der Waals surface area contributed by atoms with Gasteiger partial charge in [0.15, 0.2) is 0 Å². The van der Waals surface area contributed by atoms with Gasteiger partial charge in [0.05, 0.1) is 0 Å². The number of unbranched alkanes of at least 4 members (excludes halogenated alkanes) is 3. The zero-order valence-electron chi connectivity index (χ0n) is 12.0. The maximum Gasteiger partial charge on any atom is 0.220 e. The van der Waals surface area contributed by atoms with E-state index in [0.717, 1.165) is 37.8 Å². The normalized spacial score (nSPS) is 9.95. The fraction of sp³-hybridized carbons (Fsp3) is 0.533. The maximum absolute atomic E-state index is 13.1. The molecule has 0 fully saturated rings. The van der Waals surface area contributed by atoms with Crippen LogP contribution in [0.3, 0.4) is 0 Å². The van der Waals surface area contributed by atoms with Crippen LogP contribution in [0.2, 0.25) is 0 Å². The Bertz CT molecular complexity index is 413. The molecular formula is C15H24ClFN2O. The van der Waals surface area contributed by atoms with E-state index in [9.17, 15) is 9.18 Å². The monoisotopic (exact) mass is 302 g/mol. The fourth-order valence-corrected chi connectivity index (χ4v) is 1.89. The Kier molecular flexibility index (Phi) is 10.0. The standard InChI is InChI=1S/C15H23FN2O.ClH/c1-12-10-13(7-8-14(12)16)11-18-15(19)6-4-2-3-5-9-17;/h7-8,10H,2-6,9,11,17H2,1H3,(H,18,19);1H. The van der Waals surface area contributed by atoms with Gasteiger partial charge in [-0.15, -0.1) is 12.4 Å². The lowest BCUT2D eigenvalue weighted by atomic mass is 10.1. The van der Waals surface area contributed by atoms with Gasteiger partial charge in [-0.25, -0.2) is 4.39 Å². The zero-order chi connectivity index (χ0) is 14.1. The number of amides is 1. The number of nitrogens with one attached hydrogen (secondary N) is 1. The molecule has 0 bridgehead atoms. The number of benzene rings is 1. The molecule has 0 aliphatic rings. The molecule has 0 heterocycles. The van der Waals surface area contributed by atoms with E-state index < -0.39 is 0 Å². The summed E-state index contributed by atoms with van der Waals surface area (Å²) in [4.78, 5) is 11.6. The van der Waals surface area contributed by atoms with E-state index in [1.54, 1.807) is 19.1 Å².